The molecule has 1 saturated heterocycles. The van der Waals surface area contributed by atoms with Crippen LogP contribution in [0.25, 0.3) is 0 Å². The molecule has 0 bridgehead atoms. The molecule has 0 atom stereocenters. The summed E-state index contributed by atoms with van der Waals surface area (Å²) < 4.78 is 2.15. The fourth-order valence-electron chi connectivity index (χ4n) is 2.33. The molecule has 0 spiro atoms. The Balaban J connectivity index is 1.97. The van der Waals surface area contributed by atoms with Crippen LogP contribution in [-0.2, 0) is 13.1 Å². The lowest BCUT2D eigenvalue weighted by atomic mass is 10.1. The fraction of sp³-hybridized carbons (Fsp3) is 0.769. The Bertz CT molecular complexity index is 330. The number of nitrogens with zero attached hydrogens (tertiary/aromatic N) is 3. The van der Waals surface area contributed by atoms with Crippen LogP contribution in [0.3, 0.4) is 0 Å². The second-order valence-corrected chi connectivity index (χ2v) is 4.83. The maximum absolute atomic E-state index is 4.40. The van der Waals surface area contributed by atoms with Gasteiger partial charge in [-0.1, -0.05) is 13.8 Å². The summed E-state index contributed by atoms with van der Waals surface area (Å²) in [5.74, 6) is 0. The van der Waals surface area contributed by atoms with Gasteiger partial charge in [-0.15, -0.1) is 0 Å². The highest BCUT2D eigenvalue weighted by Gasteiger charge is 2.24. The minimum atomic E-state index is 0.722. The normalized spacial score (nSPS) is 16.4. The summed E-state index contributed by atoms with van der Waals surface area (Å²) in [5, 5.41) is 7.75. The molecule has 2 rings (SSSR count). The second-order valence-electron chi connectivity index (χ2n) is 4.83. The van der Waals surface area contributed by atoms with Crippen molar-refractivity contribution in [3.8, 4) is 0 Å². The molecule has 4 nitrogen and oxygen atoms in total. The molecule has 1 aliphatic rings. The Morgan fingerprint density at radius 1 is 1.41 bits per heavy atom. The van der Waals surface area contributed by atoms with Crippen LogP contribution < -0.4 is 5.32 Å². The summed E-state index contributed by atoms with van der Waals surface area (Å²) in [6.45, 7) is 9.99. The maximum atomic E-state index is 4.40. The van der Waals surface area contributed by atoms with E-state index in [0.29, 0.717) is 0 Å². The molecular formula is C13H24N4. The Labute approximate surface area is 104 Å². The van der Waals surface area contributed by atoms with E-state index in [-0.39, 0.29) is 0 Å². The standard InChI is InChI=1S/C13H24N4/c1-3-7-16(13-9-14-10-13)11-12-5-6-15-17(12)8-4-2/h5-6,13-14H,3-4,7-11H2,1-2H3. The molecule has 1 N–H and O–H groups in total. The van der Waals surface area contributed by atoms with Crippen molar-refractivity contribution in [2.24, 2.45) is 0 Å². The van der Waals surface area contributed by atoms with Gasteiger partial charge < -0.3 is 5.32 Å². The smallest absolute Gasteiger partial charge is 0.0524 e. The van der Waals surface area contributed by atoms with E-state index in [1.165, 1.54) is 18.7 Å². The van der Waals surface area contributed by atoms with Crippen molar-refractivity contribution >= 4 is 0 Å². The molecule has 0 radical (unpaired) electrons. The van der Waals surface area contributed by atoms with Crippen LogP contribution in [0.2, 0.25) is 0 Å². The van der Waals surface area contributed by atoms with Crippen LogP contribution in [0.15, 0.2) is 12.3 Å². The molecule has 0 aromatic carbocycles. The second kappa shape index (κ2) is 6.17. The molecule has 96 valence electrons. The van der Waals surface area contributed by atoms with Gasteiger partial charge >= 0.3 is 0 Å². The Morgan fingerprint density at radius 3 is 2.82 bits per heavy atom. The lowest BCUT2D eigenvalue weighted by molar-refractivity contribution is 0.134. The zero-order valence-electron chi connectivity index (χ0n) is 11.0. The van der Waals surface area contributed by atoms with Gasteiger partial charge in [-0.25, -0.2) is 0 Å². The first-order valence-corrected chi connectivity index (χ1v) is 6.80. The third-order valence-corrected chi connectivity index (χ3v) is 3.39. The van der Waals surface area contributed by atoms with E-state index >= 15 is 0 Å². The predicted molar refractivity (Wildman–Crippen MR) is 69.9 cm³/mol. The highest BCUT2D eigenvalue weighted by molar-refractivity contribution is 5.02. The molecule has 1 fully saturated rings. The molecule has 0 aliphatic carbocycles. The molecule has 0 unspecified atom stereocenters. The van der Waals surface area contributed by atoms with E-state index < -0.39 is 0 Å². The van der Waals surface area contributed by atoms with Gasteiger partial charge in [0.05, 0.1) is 5.69 Å². The first-order chi connectivity index (χ1) is 8.35. The summed E-state index contributed by atoms with van der Waals surface area (Å²) in [6.07, 6.45) is 4.29. The van der Waals surface area contributed by atoms with Gasteiger partial charge in [0.2, 0.25) is 0 Å². The Hall–Kier alpha value is -0.870. The first kappa shape index (κ1) is 12.6. The Morgan fingerprint density at radius 2 is 2.24 bits per heavy atom. The van der Waals surface area contributed by atoms with E-state index in [2.05, 4.69) is 39.9 Å². The number of aryl methyl sites for hydroxylation is 1. The summed E-state index contributed by atoms with van der Waals surface area (Å²) in [7, 11) is 0. The Kier molecular flexibility index (Phi) is 4.57. The van der Waals surface area contributed by atoms with Crippen LogP contribution in [0, 0.1) is 0 Å². The van der Waals surface area contributed by atoms with Gasteiger partial charge in [0, 0.05) is 38.4 Å². The molecule has 0 amide bonds. The van der Waals surface area contributed by atoms with Crippen LogP contribution in [-0.4, -0.2) is 40.4 Å². The first-order valence-electron chi connectivity index (χ1n) is 6.80. The van der Waals surface area contributed by atoms with E-state index in [9.17, 15) is 0 Å². The number of hydrogen-bond acceptors (Lipinski definition) is 3. The summed E-state index contributed by atoms with van der Waals surface area (Å²) in [4.78, 5) is 2.58. The van der Waals surface area contributed by atoms with Crippen molar-refractivity contribution in [3.63, 3.8) is 0 Å². The molecule has 1 aliphatic heterocycles. The summed E-state index contributed by atoms with van der Waals surface area (Å²) in [5.41, 5.74) is 1.35. The van der Waals surface area contributed by atoms with E-state index in [1.54, 1.807) is 0 Å². The SMILES string of the molecule is CCCN(Cc1ccnn1CCC)C1CNC1. The van der Waals surface area contributed by atoms with Crippen LogP contribution in [0.5, 0.6) is 0 Å². The van der Waals surface area contributed by atoms with Crippen LogP contribution in [0.1, 0.15) is 32.4 Å². The zero-order valence-corrected chi connectivity index (χ0v) is 11.0. The molecular weight excluding hydrogens is 212 g/mol. The number of nitrogens with one attached hydrogen (secondary N) is 1. The third-order valence-electron chi connectivity index (χ3n) is 3.39. The monoisotopic (exact) mass is 236 g/mol. The molecule has 17 heavy (non-hydrogen) atoms. The third kappa shape index (κ3) is 3.07. The predicted octanol–water partition coefficient (Wildman–Crippen LogP) is 1.48. The highest BCUT2D eigenvalue weighted by atomic mass is 15.3. The van der Waals surface area contributed by atoms with Crippen molar-refractivity contribution in [2.45, 2.75) is 45.8 Å². The molecule has 2 heterocycles. The average molecular weight is 236 g/mol. The van der Waals surface area contributed by atoms with E-state index in [0.717, 1.165) is 38.6 Å². The largest absolute Gasteiger partial charge is 0.314 e. The number of aromatic nitrogens is 2. The van der Waals surface area contributed by atoms with Crippen LogP contribution in [0.4, 0.5) is 0 Å². The topological polar surface area (TPSA) is 33.1 Å². The van der Waals surface area contributed by atoms with Gasteiger partial charge in [-0.2, -0.15) is 5.10 Å². The molecule has 1 aromatic heterocycles. The van der Waals surface area contributed by atoms with Gasteiger partial charge in [0.15, 0.2) is 0 Å². The van der Waals surface area contributed by atoms with Crippen molar-refractivity contribution < 1.29 is 0 Å². The summed E-state index contributed by atoms with van der Waals surface area (Å²) >= 11 is 0. The van der Waals surface area contributed by atoms with Gasteiger partial charge in [-0.05, 0) is 25.5 Å². The average Bonchev–Trinajstić information content (AvgIpc) is 2.64. The summed E-state index contributed by atoms with van der Waals surface area (Å²) in [6, 6.07) is 2.88. The van der Waals surface area contributed by atoms with Crippen LogP contribution >= 0.6 is 0 Å². The van der Waals surface area contributed by atoms with E-state index in [1.807, 2.05) is 6.20 Å². The fourth-order valence-corrected chi connectivity index (χ4v) is 2.33. The number of rotatable bonds is 7. The van der Waals surface area contributed by atoms with Crippen molar-refractivity contribution in [1.29, 1.82) is 0 Å². The van der Waals surface area contributed by atoms with E-state index in [4.69, 9.17) is 0 Å². The highest BCUT2D eigenvalue weighted by Crippen LogP contribution is 2.12. The molecule has 0 saturated carbocycles. The number of hydrogen-bond donors (Lipinski definition) is 1. The molecule has 4 heteroatoms. The van der Waals surface area contributed by atoms with Gasteiger partial charge in [-0.3, -0.25) is 9.58 Å². The zero-order chi connectivity index (χ0) is 12.1. The minimum Gasteiger partial charge on any atom is -0.314 e. The maximum Gasteiger partial charge on any atom is 0.0524 e. The van der Waals surface area contributed by atoms with Crippen molar-refractivity contribution in [2.75, 3.05) is 19.6 Å². The molecule has 1 aromatic rings. The van der Waals surface area contributed by atoms with Gasteiger partial charge in [0.1, 0.15) is 0 Å². The van der Waals surface area contributed by atoms with Crippen molar-refractivity contribution in [1.82, 2.24) is 20.0 Å². The van der Waals surface area contributed by atoms with Crippen molar-refractivity contribution in [3.05, 3.63) is 18.0 Å². The lowest BCUT2D eigenvalue weighted by Gasteiger charge is -2.38. The minimum absolute atomic E-state index is 0.722. The quantitative estimate of drug-likeness (QED) is 0.778. The lowest BCUT2D eigenvalue weighted by Crippen LogP contribution is -2.57. The van der Waals surface area contributed by atoms with Gasteiger partial charge in [0.25, 0.3) is 0 Å².